The SMILES string of the molecule is CNCCn1ccnc1C1CCOC1. The average Bonchev–Trinajstić information content (AvgIpc) is 2.84. The van der Waals surface area contributed by atoms with Gasteiger partial charge >= 0.3 is 0 Å². The highest BCUT2D eigenvalue weighted by Crippen LogP contribution is 2.23. The van der Waals surface area contributed by atoms with Crippen LogP contribution in [0.5, 0.6) is 0 Å². The van der Waals surface area contributed by atoms with Gasteiger partial charge in [-0.1, -0.05) is 0 Å². The Balaban J connectivity index is 2.04. The zero-order valence-corrected chi connectivity index (χ0v) is 8.57. The molecule has 1 N–H and O–H groups in total. The highest BCUT2D eigenvalue weighted by molar-refractivity contribution is 5.02. The smallest absolute Gasteiger partial charge is 0.114 e. The van der Waals surface area contributed by atoms with Gasteiger partial charge in [-0.15, -0.1) is 0 Å². The monoisotopic (exact) mass is 195 g/mol. The van der Waals surface area contributed by atoms with E-state index in [9.17, 15) is 0 Å². The van der Waals surface area contributed by atoms with Crippen LogP contribution < -0.4 is 5.32 Å². The fraction of sp³-hybridized carbons (Fsp3) is 0.700. The van der Waals surface area contributed by atoms with Crippen molar-refractivity contribution in [2.45, 2.75) is 18.9 Å². The van der Waals surface area contributed by atoms with Crippen LogP contribution in [0.4, 0.5) is 0 Å². The highest BCUT2D eigenvalue weighted by atomic mass is 16.5. The highest BCUT2D eigenvalue weighted by Gasteiger charge is 2.21. The van der Waals surface area contributed by atoms with Gasteiger partial charge in [-0.25, -0.2) is 4.98 Å². The molecule has 1 aliphatic heterocycles. The fourth-order valence-corrected chi connectivity index (χ4v) is 1.84. The molecule has 1 aromatic heterocycles. The van der Waals surface area contributed by atoms with E-state index in [-0.39, 0.29) is 0 Å². The molecule has 1 saturated heterocycles. The first-order valence-electron chi connectivity index (χ1n) is 5.15. The molecule has 1 fully saturated rings. The molecule has 78 valence electrons. The van der Waals surface area contributed by atoms with Gasteiger partial charge in [0, 0.05) is 38.0 Å². The molecule has 1 aliphatic rings. The summed E-state index contributed by atoms with van der Waals surface area (Å²) in [6.07, 6.45) is 5.03. The third-order valence-corrected chi connectivity index (χ3v) is 2.65. The van der Waals surface area contributed by atoms with Gasteiger partial charge in [-0.05, 0) is 13.5 Å². The minimum Gasteiger partial charge on any atom is -0.381 e. The standard InChI is InChI=1S/C10H17N3O/c1-11-3-5-13-6-4-12-10(13)9-2-7-14-8-9/h4,6,9,11H,2-3,5,7-8H2,1H3. The Morgan fingerprint density at radius 2 is 2.64 bits per heavy atom. The molecule has 2 heterocycles. The summed E-state index contributed by atoms with van der Waals surface area (Å²) in [5.41, 5.74) is 0. The molecule has 0 saturated carbocycles. The average molecular weight is 195 g/mol. The van der Waals surface area contributed by atoms with E-state index >= 15 is 0 Å². The lowest BCUT2D eigenvalue weighted by atomic mass is 10.1. The quantitative estimate of drug-likeness (QED) is 0.765. The molecule has 2 rings (SSSR count). The molecule has 4 nitrogen and oxygen atoms in total. The van der Waals surface area contributed by atoms with Gasteiger partial charge in [0.15, 0.2) is 0 Å². The zero-order chi connectivity index (χ0) is 9.80. The van der Waals surface area contributed by atoms with Crippen molar-refractivity contribution in [1.82, 2.24) is 14.9 Å². The van der Waals surface area contributed by atoms with Crippen LogP contribution in [0, 0.1) is 0 Å². The van der Waals surface area contributed by atoms with Gasteiger partial charge in [0.25, 0.3) is 0 Å². The third-order valence-electron chi connectivity index (χ3n) is 2.65. The van der Waals surface area contributed by atoms with Crippen molar-refractivity contribution >= 4 is 0 Å². The van der Waals surface area contributed by atoms with Crippen molar-refractivity contribution in [3.63, 3.8) is 0 Å². The van der Waals surface area contributed by atoms with Crippen molar-refractivity contribution in [3.05, 3.63) is 18.2 Å². The Morgan fingerprint density at radius 1 is 1.71 bits per heavy atom. The number of likely N-dealkylation sites (N-methyl/N-ethyl adjacent to an activating group) is 1. The minimum atomic E-state index is 0.502. The molecule has 4 heteroatoms. The van der Waals surface area contributed by atoms with Crippen LogP contribution in [0.15, 0.2) is 12.4 Å². The Bertz CT molecular complexity index is 279. The van der Waals surface area contributed by atoms with Gasteiger partial charge in [0.05, 0.1) is 6.61 Å². The first kappa shape index (κ1) is 9.68. The summed E-state index contributed by atoms with van der Waals surface area (Å²) in [7, 11) is 1.97. The Hall–Kier alpha value is -0.870. The maximum atomic E-state index is 5.37. The normalized spacial score (nSPS) is 21.6. The summed E-state index contributed by atoms with van der Waals surface area (Å²) in [6.45, 7) is 3.68. The minimum absolute atomic E-state index is 0.502. The Morgan fingerprint density at radius 3 is 3.36 bits per heavy atom. The fourth-order valence-electron chi connectivity index (χ4n) is 1.84. The molecule has 14 heavy (non-hydrogen) atoms. The number of nitrogens with zero attached hydrogens (tertiary/aromatic N) is 2. The van der Waals surface area contributed by atoms with Crippen molar-refractivity contribution in [2.24, 2.45) is 0 Å². The lowest BCUT2D eigenvalue weighted by molar-refractivity contribution is 0.192. The van der Waals surface area contributed by atoms with E-state index in [4.69, 9.17) is 4.74 Å². The number of ether oxygens (including phenoxy) is 1. The van der Waals surface area contributed by atoms with Crippen LogP contribution in [0.25, 0.3) is 0 Å². The van der Waals surface area contributed by atoms with Crippen molar-refractivity contribution < 1.29 is 4.74 Å². The maximum Gasteiger partial charge on any atom is 0.114 e. The van der Waals surface area contributed by atoms with Crippen molar-refractivity contribution in [3.8, 4) is 0 Å². The first-order valence-corrected chi connectivity index (χ1v) is 5.15. The Labute approximate surface area is 84.3 Å². The van der Waals surface area contributed by atoms with Crippen LogP contribution in [-0.2, 0) is 11.3 Å². The predicted octanol–water partition coefficient (Wildman–Crippen LogP) is 0.606. The van der Waals surface area contributed by atoms with E-state index in [1.165, 1.54) is 5.82 Å². The molecule has 0 amide bonds. The summed E-state index contributed by atoms with van der Waals surface area (Å²) >= 11 is 0. The molecule has 0 aromatic carbocycles. The van der Waals surface area contributed by atoms with Gasteiger partial charge < -0.3 is 14.6 Å². The number of aromatic nitrogens is 2. The number of hydrogen-bond acceptors (Lipinski definition) is 3. The maximum absolute atomic E-state index is 5.37. The summed E-state index contributed by atoms with van der Waals surface area (Å²) in [6, 6.07) is 0. The molecular formula is C10H17N3O. The molecule has 0 radical (unpaired) electrons. The van der Waals surface area contributed by atoms with E-state index in [0.717, 1.165) is 32.7 Å². The van der Waals surface area contributed by atoms with E-state index in [0.29, 0.717) is 5.92 Å². The number of imidazole rings is 1. The van der Waals surface area contributed by atoms with Gasteiger partial charge in [0.1, 0.15) is 5.82 Å². The third kappa shape index (κ3) is 1.96. The topological polar surface area (TPSA) is 39.1 Å². The van der Waals surface area contributed by atoms with E-state index in [1.807, 2.05) is 19.4 Å². The number of rotatable bonds is 4. The van der Waals surface area contributed by atoms with Crippen molar-refractivity contribution in [2.75, 3.05) is 26.8 Å². The molecule has 1 unspecified atom stereocenters. The summed E-state index contributed by atoms with van der Waals surface area (Å²) in [5.74, 6) is 1.68. The second kappa shape index (κ2) is 4.57. The first-order chi connectivity index (χ1) is 6.92. The number of hydrogen-bond donors (Lipinski definition) is 1. The van der Waals surface area contributed by atoms with Crippen LogP contribution in [0.3, 0.4) is 0 Å². The summed E-state index contributed by atoms with van der Waals surface area (Å²) in [5, 5.41) is 3.14. The van der Waals surface area contributed by atoms with Crippen LogP contribution in [-0.4, -0.2) is 36.4 Å². The van der Waals surface area contributed by atoms with E-state index < -0.39 is 0 Å². The van der Waals surface area contributed by atoms with E-state index in [2.05, 4.69) is 14.9 Å². The lowest BCUT2D eigenvalue weighted by Gasteiger charge is -2.11. The van der Waals surface area contributed by atoms with Crippen LogP contribution in [0.2, 0.25) is 0 Å². The summed E-state index contributed by atoms with van der Waals surface area (Å²) < 4.78 is 7.59. The molecule has 0 aliphatic carbocycles. The molecule has 0 spiro atoms. The molecule has 1 aromatic rings. The second-order valence-electron chi connectivity index (χ2n) is 3.64. The largest absolute Gasteiger partial charge is 0.381 e. The van der Waals surface area contributed by atoms with Crippen molar-refractivity contribution in [1.29, 1.82) is 0 Å². The van der Waals surface area contributed by atoms with Gasteiger partial charge in [0.2, 0.25) is 0 Å². The van der Waals surface area contributed by atoms with Gasteiger partial charge in [-0.2, -0.15) is 0 Å². The predicted molar refractivity (Wildman–Crippen MR) is 54.3 cm³/mol. The Kier molecular flexibility index (Phi) is 3.16. The molecular weight excluding hydrogens is 178 g/mol. The van der Waals surface area contributed by atoms with Crippen LogP contribution in [0.1, 0.15) is 18.2 Å². The summed E-state index contributed by atoms with van der Waals surface area (Å²) in [4.78, 5) is 4.41. The molecule has 0 bridgehead atoms. The van der Waals surface area contributed by atoms with Crippen LogP contribution >= 0.6 is 0 Å². The van der Waals surface area contributed by atoms with E-state index in [1.54, 1.807) is 0 Å². The zero-order valence-electron chi connectivity index (χ0n) is 8.57. The second-order valence-corrected chi connectivity index (χ2v) is 3.64. The van der Waals surface area contributed by atoms with Gasteiger partial charge in [-0.3, -0.25) is 0 Å². The lowest BCUT2D eigenvalue weighted by Crippen LogP contribution is -2.17. The molecule has 1 atom stereocenters. The number of nitrogens with one attached hydrogen (secondary N) is 1.